The van der Waals surface area contributed by atoms with Gasteiger partial charge < -0.3 is 4.74 Å². The molecule has 1 atom stereocenters. The van der Waals surface area contributed by atoms with Crippen molar-refractivity contribution in [3.8, 4) is 0 Å². The number of esters is 1. The van der Waals surface area contributed by atoms with Crippen LogP contribution in [0.1, 0.15) is 65.7 Å². The molecule has 0 saturated heterocycles. The minimum atomic E-state index is -0.186. The van der Waals surface area contributed by atoms with Crippen LogP contribution in [-0.2, 0) is 9.53 Å². The van der Waals surface area contributed by atoms with E-state index in [1.807, 2.05) is 0 Å². The van der Waals surface area contributed by atoms with Gasteiger partial charge in [-0.05, 0) is 68.8 Å². The van der Waals surface area contributed by atoms with Crippen LogP contribution in [0.2, 0.25) is 0 Å². The van der Waals surface area contributed by atoms with E-state index < -0.39 is 0 Å². The first-order valence-corrected chi connectivity index (χ1v) is 8.58. The van der Waals surface area contributed by atoms with Gasteiger partial charge in [0.15, 0.2) is 0 Å². The van der Waals surface area contributed by atoms with Gasteiger partial charge in [0.05, 0.1) is 0 Å². The van der Waals surface area contributed by atoms with E-state index in [0.29, 0.717) is 17.9 Å². The molecule has 0 aromatic carbocycles. The van der Waals surface area contributed by atoms with Gasteiger partial charge in [-0.1, -0.05) is 37.6 Å². The van der Waals surface area contributed by atoms with Crippen LogP contribution in [0.15, 0.2) is 35.5 Å². The number of rotatable bonds is 6. The van der Waals surface area contributed by atoms with Crippen molar-refractivity contribution in [1.82, 2.24) is 0 Å². The fourth-order valence-electron chi connectivity index (χ4n) is 3.80. The number of hydrogen-bond donors (Lipinski definition) is 0. The Balaban J connectivity index is 1.77. The molecular weight excluding hydrogens is 272 g/mol. The maximum Gasteiger partial charge on any atom is 0.331 e. The first kappa shape index (κ1) is 17.1. The molecule has 2 heteroatoms. The van der Waals surface area contributed by atoms with Crippen LogP contribution in [0.4, 0.5) is 0 Å². The molecule has 0 bridgehead atoms. The van der Waals surface area contributed by atoms with Gasteiger partial charge >= 0.3 is 5.97 Å². The van der Waals surface area contributed by atoms with Gasteiger partial charge in [-0.2, -0.15) is 0 Å². The molecule has 1 saturated carbocycles. The van der Waals surface area contributed by atoms with Crippen molar-refractivity contribution in [2.24, 2.45) is 11.3 Å². The van der Waals surface area contributed by atoms with E-state index in [9.17, 15) is 4.79 Å². The minimum Gasteiger partial charge on any atom is -0.458 e. The molecule has 2 rings (SSSR count). The molecule has 0 unspecified atom stereocenters. The largest absolute Gasteiger partial charge is 0.458 e. The summed E-state index contributed by atoms with van der Waals surface area (Å²) in [4.78, 5) is 11.0. The third-order valence-corrected chi connectivity index (χ3v) is 5.26. The molecule has 122 valence electrons. The van der Waals surface area contributed by atoms with Crippen LogP contribution >= 0.6 is 0 Å². The lowest BCUT2D eigenvalue weighted by molar-refractivity contribution is -0.134. The van der Waals surface area contributed by atoms with Crippen molar-refractivity contribution in [2.45, 2.75) is 65.7 Å². The smallest absolute Gasteiger partial charge is 0.331 e. The average Bonchev–Trinajstić information content (AvgIpc) is 2.83. The number of cyclic esters (lactones) is 1. The summed E-state index contributed by atoms with van der Waals surface area (Å²) in [6, 6.07) is 0. The van der Waals surface area contributed by atoms with Crippen molar-refractivity contribution in [2.75, 3.05) is 6.61 Å². The van der Waals surface area contributed by atoms with Gasteiger partial charge in [0.1, 0.15) is 6.61 Å². The summed E-state index contributed by atoms with van der Waals surface area (Å²) in [6.07, 6.45) is 12.1. The third-order valence-electron chi connectivity index (χ3n) is 5.26. The molecule has 0 amide bonds. The number of ether oxygens (including phenoxy) is 1. The van der Waals surface area contributed by atoms with Gasteiger partial charge in [-0.3, -0.25) is 0 Å². The Morgan fingerprint density at radius 2 is 2.27 bits per heavy atom. The van der Waals surface area contributed by atoms with E-state index in [2.05, 4.69) is 33.4 Å². The third kappa shape index (κ3) is 4.59. The summed E-state index contributed by atoms with van der Waals surface area (Å²) in [7, 11) is 0. The Kier molecular flexibility index (Phi) is 5.66. The lowest BCUT2D eigenvalue weighted by Gasteiger charge is -2.40. The van der Waals surface area contributed by atoms with E-state index >= 15 is 0 Å². The highest BCUT2D eigenvalue weighted by atomic mass is 16.5. The first-order chi connectivity index (χ1) is 10.4. The molecule has 0 aromatic rings. The zero-order chi connectivity index (χ0) is 16.2. The lowest BCUT2D eigenvalue weighted by atomic mass is 9.65. The minimum absolute atomic E-state index is 0.186. The molecule has 0 spiro atoms. The van der Waals surface area contributed by atoms with Gasteiger partial charge in [-0.25, -0.2) is 4.79 Å². The molecular formula is C20H30O2. The van der Waals surface area contributed by atoms with Crippen LogP contribution < -0.4 is 0 Å². The molecule has 2 nitrogen and oxygen atoms in total. The molecule has 1 aliphatic heterocycles. The summed E-state index contributed by atoms with van der Waals surface area (Å²) >= 11 is 0. The molecule has 2 aliphatic rings. The van der Waals surface area contributed by atoms with Gasteiger partial charge in [-0.15, -0.1) is 0 Å². The maximum absolute atomic E-state index is 11.0. The summed E-state index contributed by atoms with van der Waals surface area (Å²) < 4.78 is 4.92. The Labute approximate surface area is 135 Å². The number of allylic oxidation sites excluding steroid dienone is 3. The summed E-state index contributed by atoms with van der Waals surface area (Å²) in [5.41, 5.74) is 4.44. The quantitative estimate of drug-likeness (QED) is 0.488. The number of hydrogen-bond acceptors (Lipinski definition) is 2. The Hall–Kier alpha value is -1.31. The Morgan fingerprint density at radius 1 is 1.50 bits per heavy atom. The second-order valence-corrected chi connectivity index (χ2v) is 7.59. The zero-order valence-corrected chi connectivity index (χ0v) is 14.4. The van der Waals surface area contributed by atoms with Gasteiger partial charge in [0.25, 0.3) is 0 Å². The van der Waals surface area contributed by atoms with Crippen LogP contribution in [0.25, 0.3) is 0 Å². The van der Waals surface area contributed by atoms with Crippen molar-refractivity contribution in [1.29, 1.82) is 0 Å². The molecule has 1 aliphatic carbocycles. The summed E-state index contributed by atoms with van der Waals surface area (Å²) in [5.74, 6) is 0.474. The summed E-state index contributed by atoms with van der Waals surface area (Å²) in [6.45, 7) is 11.8. The standard InChI is InChI=1S/C20H30O2/c1-15(7-5-9-17-13-19(21)22-14-17)10-11-18-16(2)8-6-12-20(18,3)4/h7,13,18H,2,5-6,8-12,14H2,1,3-4H3/b15-7+/t18-/m1/s1. The van der Waals surface area contributed by atoms with E-state index in [4.69, 9.17) is 4.74 Å². The molecule has 0 N–H and O–H groups in total. The van der Waals surface area contributed by atoms with Crippen molar-refractivity contribution in [3.05, 3.63) is 35.5 Å². The molecule has 0 radical (unpaired) electrons. The SMILES string of the molecule is C=C1CCCC(C)(C)[C@@H]1CC/C(C)=C/CCC1=CC(=O)OC1. The molecule has 1 fully saturated rings. The molecule has 0 aromatic heterocycles. The van der Waals surface area contributed by atoms with E-state index in [1.165, 1.54) is 36.8 Å². The normalized spacial score (nSPS) is 25.1. The number of carbonyl (C=O) groups excluding carboxylic acids is 1. The average molecular weight is 302 g/mol. The number of carbonyl (C=O) groups is 1. The highest BCUT2D eigenvalue weighted by molar-refractivity contribution is 5.85. The zero-order valence-electron chi connectivity index (χ0n) is 14.4. The molecule has 22 heavy (non-hydrogen) atoms. The second kappa shape index (κ2) is 7.30. The summed E-state index contributed by atoms with van der Waals surface area (Å²) in [5, 5.41) is 0. The van der Waals surface area contributed by atoms with Crippen LogP contribution in [0.3, 0.4) is 0 Å². The predicted octanol–water partition coefficient (Wildman–Crippen LogP) is 5.36. The van der Waals surface area contributed by atoms with Crippen molar-refractivity contribution < 1.29 is 9.53 Å². The Morgan fingerprint density at radius 3 is 2.91 bits per heavy atom. The highest BCUT2D eigenvalue weighted by Gasteiger charge is 2.33. The van der Waals surface area contributed by atoms with Crippen molar-refractivity contribution >= 4 is 5.97 Å². The van der Waals surface area contributed by atoms with Crippen LogP contribution in [-0.4, -0.2) is 12.6 Å². The lowest BCUT2D eigenvalue weighted by Crippen LogP contribution is -2.29. The fourth-order valence-corrected chi connectivity index (χ4v) is 3.80. The van der Waals surface area contributed by atoms with Crippen LogP contribution in [0.5, 0.6) is 0 Å². The fraction of sp³-hybridized carbons (Fsp3) is 0.650. The van der Waals surface area contributed by atoms with E-state index in [-0.39, 0.29) is 5.97 Å². The second-order valence-electron chi connectivity index (χ2n) is 7.59. The van der Waals surface area contributed by atoms with E-state index in [1.54, 1.807) is 6.08 Å². The Bertz CT molecular complexity index is 494. The topological polar surface area (TPSA) is 26.3 Å². The monoisotopic (exact) mass is 302 g/mol. The van der Waals surface area contributed by atoms with E-state index in [0.717, 1.165) is 24.8 Å². The molecule has 1 heterocycles. The first-order valence-electron chi connectivity index (χ1n) is 8.58. The van der Waals surface area contributed by atoms with Crippen LogP contribution in [0, 0.1) is 11.3 Å². The predicted molar refractivity (Wildman–Crippen MR) is 91.5 cm³/mol. The van der Waals surface area contributed by atoms with Gasteiger partial charge in [0, 0.05) is 6.08 Å². The highest BCUT2D eigenvalue weighted by Crippen LogP contribution is 2.45. The van der Waals surface area contributed by atoms with Crippen molar-refractivity contribution in [3.63, 3.8) is 0 Å². The maximum atomic E-state index is 11.0. The van der Waals surface area contributed by atoms with Gasteiger partial charge in [0.2, 0.25) is 0 Å².